The van der Waals surface area contributed by atoms with Gasteiger partial charge in [0.15, 0.2) is 5.82 Å². The van der Waals surface area contributed by atoms with Crippen molar-refractivity contribution in [3.05, 3.63) is 68.4 Å². The molecule has 0 saturated heterocycles. The average molecular weight is 495 g/mol. The number of thiophene rings is 1. The lowest BCUT2D eigenvalue weighted by Crippen LogP contribution is -2.35. The lowest BCUT2D eigenvalue weighted by atomic mass is 10.0. The molecule has 9 heteroatoms. The minimum absolute atomic E-state index is 0.0406. The third-order valence-corrected chi connectivity index (χ3v) is 6.81. The molecule has 0 saturated carbocycles. The molecule has 8 nitrogen and oxygen atoms in total. The number of pyridine rings is 1. The fourth-order valence-electron chi connectivity index (χ4n) is 4.33. The quantitative estimate of drug-likeness (QED) is 0.323. The molecule has 3 aromatic heterocycles. The number of nitrogens with zero attached hydrogens (tertiary/aromatic N) is 5. The third-order valence-electron chi connectivity index (χ3n) is 5.95. The van der Waals surface area contributed by atoms with E-state index >= 15 is 0 Å². The van der Waals surface area contributed by atoms with Crippen LogP contribution in [0.1, 0.15) is 69.8 Å². The van der Waals surface area contributed by atoms with Gasteiger partial charge in [0.2, 0.25) is 0 Å². The van der Waals surface area contributed by atoms with Crippen molar-refractivity contribution in [1.29, 1.82) is 0 Å². The summed E-state index contributed by atoms with van der Waals surface area (Å²) in [5, 5.41) is 15.8. The van der Waals surface area contributed by atoms with Gasteiger partial charge in [-0.3, -0.25) is 9.69 Å². The summed E-state index contributed by atoms with van der Waals surface area (Å²) in [5.41, 5.74) is 1.17. The highest BCUT2D eigenvalue weighted by atomic mass is 32.1. The summed E-state index contributed by atoms with van der Waals surface area (Å²) in [6, 6.07) is 11.9. The van der Waals surface area contributed by atoms with E-state index in [0.717, 1.165) is 35.3 Å². The van der Waals surface area contributed by atoms with Crippen LogP contribution < -0.4 is 10.3 Å². The maximum atomic E-state index is 13.1. The summed E-state index contributed by atoms with van der Waals surface area (Å²) in [6.45, 7) is 12.2. The molecule has 0 radical (unpaired) electrons. The Bertz CT molecular complexity index is 1310. The van der Waals surface area contributed by atoms with Gasteiger partial charge in [-0.2, -0.15) is 0 Å². The van der Waals surface area contributed by atoms with Gasteiger partial charge in [0.25, 0.3) is 5.56 Å². The first-order valence-corrected chi connectivity index (χ1v) is 13.0. The zero-order valence-electron chi connectivity index (χ0n) is 21.1. The fourth-order valence-corrected chi connectivity index (χ4v) is 5.06. The number of ether oxygens (including phenoxy) is 1. The van der Waals surface area contributed by atoms with E-state index in [0.29, 0.717) is 25.3 Å². The zero-order chi connectivity index (χ0) is 25.0. The minimum Gasteiger partial charge on any atom is -0.494 e. The molecule has 0 aliphatic rings. The van der Waals surface area contributed by atoms with E-state index in [1.54, 1.807) is 11.3 Å². The molecule has 186 valence electrons. The number of H-pyrrole nitrogens is 1. The summed E-state index contributed by atoms with van der Waals surface area (Å²) in [6.07, 6.45) is 1.84. The van der Waals surface area contributed by atoms with Gasteiger partial charge in [-0.05, 0) is 80.3 Å². The van der Waals surface area contributed by atoms with Crippen molar-refractivity contribution < 1.29 is 4.74 Å². The Morgan fingerprint density at radius 2 is 2.00 bits per heavy atom. The van der Waals surface area contributed by atoms with Gasteiger partial charge in [-0.25, -0.2) is 4.68 Å². The Kier molecular flexibility index (Phi) is 7.66. The van der Waals surface area contributed by atoms with Gasteiger partial charge in [-0.1, -0.05) is 19.4 Å². The van der Waals surface area contributed by atoms with E-state index in [2.05, 4.69) is 70.6 Å². The number of benzene rings is 1. The Morgan fingerprint density at radius 3 is 2.69 bits per heavy atom. The van der Waals surface area contributed by atoms with E-state index in [1.165, 1.54) is 4.88 Å². The summed E-state index contributed by atoms with van der Waals surface area (Å²) >= 11 is 1.72. The Labute approximate surface area is 209 Å². The Morgan fingerprint density at radius 1 is 1.17 bits per heavy atom. The van der Waals surface area contributed by atoms with Gasteiger partial charge in [-0.15, -0.1) is 16.4 Å². The van der Waals surface area contributed by atoms with Gasteiger partial charge in [0.1, 0.15) is 5.75 Å². The highest BCUT2D eigenvalue weighted by Gasteiger charge is 2.30. The summed E-state index contributed by atoms with van der Waals surface area (Å²) in [7, 11) is 0. The molecule has 0 spiro atoms. The largest absolute Gasteiger partial charge is 0.494 e. The van der Waals surface area contributed by atoms with E-state index in [4.69, 9.17) is 4.74 Å². The molecular weight excluding hydrogens is 460 g/mol. The summed E-state index contributed by atoms with van der Waals surface area (Å²) in [4.78, 5) is 19.7. The number of hydrogen-bond donors (Lipinski definition) is 1. The number of hydrogen-bond acceptors (Lipinski definition) is 7. The van der Waals surface area contributed by atoms with Gasteiger partial charge < -0.3 is 9.72 Å². The molecule has 1 N–H and O–H groups in total. The van der Waals surface area contributed by atoms with E-state index in [-0.39, 0.29) is 17.1 Å². The second-order valence-electron chi connectivity index (χ2n) is 9.71. The molecule has 0 amide bonds. The summed E-state index contributed by atoms with van der Waals surface area (Å²) in [5.74, 6) is 1.62. The van der Waals surface area contributed by atoms with Gasteiger partial charge in [0, 0.05) is 34.4 Å². The number of aromatic amines is 1. The van der Waals surface area contributed by atoms with Crippen LogP contribution in [0.15, 0.2) is 46.6 Å². The molecule has 0 fully saturated rings. The van der Waals surface area contributed by atoms with Crippen molar-refractivity contribution in [3.8, 4) is 5.75 Å². The highest BCUT2D eigenvalue weighted by Crippen LogP contribution is 2.31. The normalized spacial score (nSPS) is 13.0. The molecule has 1 aromatic carbocycles. The van der Waals surface area contributed by atoms with Crippen LogP contribution in [0.2, 0.25) is 0 Å². The molecule has 1 atom stereocenters. The van der Waals surface area contributed by atoms with E-state index in [9.17, 15) is 4.79 Å². The minimum atomic E-state index is -0.254. The van der Waals surface area contributed by atoms with E-state index in [1.807, 2.05) is 35.9 Å². The van der Waals surface area contributed by atoms with Crippen LogP contribution in [0.3, 0.4) is 0 Å². The smallest absolute Gasteiger partial charge is 0.252 e. The molecule has 4 rings (SSSR count). The number of aromatic nitrogens is 5. The first kappa shape index (κ1) is 25.1. The molecule has 0 bridgehead atoms. The Balaban J connectivity index is 1.76. The molecule has 3 heterocycles. The van der Waals surface area contributed by atoms with Crippen molar-refractivity contribution in [2.45, 2.75) is 72.1 Å². The van der Waals surface area contributed by atoms with Crippen molar-refractivity contribution >= 4 is 22.2 Å². The van der Waals surface area contributed by atoms with Crippen molar-refractivity contribution in [2.75, 3.05) is 6.61 Å². The van der Waals surface area contributed by atoms with E-state index < -0.39 is 0 Å². The maximum absolute atomic E-state index is 13.1. The predicted molar refractivity (Wildman–Crippen MR) is 140 cm³/mol. The maximum Gasteiger partial charge on any atom is 0.252 e. The fraction of sp³-hybridized carbons (Fsp3) is 0.462. The zero-order valence-corrected chi connectivity index (χ0v) is 21.9. The first-order valence-electron chi connectivity index (χ1n) is 12.1. The van der Waals surface area contributed by atoms with Crippen LogP contribution in [0.25, 0.3) is 10.9 Å². The monoisotopic (exact) mass is 494 g/mol. The average Bonchev–Trinajstić information content (AvgIpc) is 3.50. The second kappa shape index (κ2) is 10.7. The van der Waals surface area contributed by atoms with Gasteiger partial charge >= 0.3 is 0 Å². The Hall–Kier alpha value is -3.04. The standard InChI is InChI=1S/C26H34N6O2S/c1-6-9-23(24-28-29-30-32(24)26(3,4)5)31(17-21-10-8-13-35-21)16-19-14-18-15-20(34-7-2)11-12-22(18)27-25(19)33/h8,10-15,23H,6-7,9,16-17H2,1-5H3,(H,27,33). The lowest BCUT2D eigenvalue weighted by molar-refractivity contribution is 0.150. The van der Waals surface area contributed by atoms with Crippen LogP contribution >= 0.6 is 11.3 Å². The number of nitrogens with one attached hydrogen (secondary N) is 1. The van der Waals surface area contributed by atoms with Crippen molar-refractivity contribution in [3.63, 3.8) is 0 Å². The second-order valence-corrected chi connectivity index (χ2v) is 10.7. The van der Waals surface area contributed by atoms with Crippen LogP contribution in [-0.4, -0.2) is 36.7 Å². The number of tetrazole rings is 1. The molecular formula is C26H34N6O2S. The first-order chi connectivity index (χ1) is 16.8. The van der Waals surface area contributed by atoms with Gasteiger partial charge in [0.05, 0.1) is 18.2 Å². The third kappa shape index (κ3) is 5.79. The molecule has 0 aliphatic heterocycles. The number of fused-ring (bicyclic) bond motifs is 1. The summed E-state index contributed by atoms with van der Waals surface area (Å²) < 4.78 is 7.58. The predicted octanol–water partition coefficient (Wildman–Crippen LogP) is 5.27. The SMILES string of the molecule is CCCC(c1nnnn1C(C)(C)C)N(Cc1cccs1)Cc1cc2cc(OCC)ccc2[nH]c1=O. The molecule has 1 unspecified atom stereocenters. The van der Waals surface area contributed by atoms with Crippen LogP contribution in [0, 0.1) is 0 Å². The molecule has 35 heavy (non-hydrogen) atoms. The topological polar surface area (TPSA) is 88.9 Å². The van der Waals surface area contributed by atoms with Crippen molar-refractivity contribution in [2.24, 2.45) is 0 Å². The van der Waals surface area contributed by atoms with Crippen molar-refractivity contribution in [1.82, 2.24) is 30.1 Å². The van der Waals surface area contributed by atoms with Crippen LogP contribution in [0.5, 0.6) is 5.75 Å². The lowest BCUT2D eigenvalue weighted by Gasteiger charge is -2.32. The molecule has 4 aromatic rings. The highest BCUT2D eigenvalue weighted by molar-refractivity contribution is 7.09. The molecule has 0 aliphatic carbocycles. The van der Waals surface area contributed by atoms with Crippen LogP contribution in [0.4, 0.5) is 0 Å². The number of rotatable bonds is 10. The van der Waals surface area contributed by atoms with Crippen LogP contribution in [-0.2, 0) is 18.6 Å².